The van der Waals surface area contributed by atoms with Gasteiger partial charge in [0.1, 0.15) is 17.3 Å². The molecule has 2 N–H and O–H groups in total. The smallest absolute Gasteiger partial charge is 0.263 e. The van der Waals surface area contributed by atoms with Crippen molar-refractivity contribution in [2.45, 2.75) is 0 Å². The Morgan fingerprint density at radius 3 is 2.88 bits per heavy atom. The third-order valence-electron chi connectivity index (χ3n) is 3.58. The van der Waals surface area contributed by atoms with E-state index in [1.54, 1.807) is 50.6 Å². The van der Waals surface area contributed by atoms with Crippen LogP contribution in [0.3, 0.4) is 0 Å². The number of aromatic nitrogens is 1. The Kier molecular flexibility index (Phi) is 5.02. The van der Waals surface area contributed by atoms with Crippen LogP contribution in [-0.2, 0) is 9.59 Å². The van der Waals surface area contributed by atoms with E-state index in [0.717, 1.165) is 0 Å². The molecule has 0 spiro atoms. The highest BCUT2D eigenvalue weighted by Gasteiger charge is 2.17. The molecule has 0 aliphatic carbocycles. The average Bonchev–Trinajstić information content (AvgIpc) is 2.65. The van der Waals surface area contributed by atoms with Crippen LogP contribution in [0.1, 0.15) is 5.56 Å². The lowest BCUT2D eigenvalue weighted by molar-refractivity contribution is -0.118. The van der Waals surface area contributed by atoms with Gasteiger partial charge in [-0.15, -0.1) is 0 Å². The molecule has 1 aromatic carbocycles. The van der Waals surface area contributed by atoms with Crippen molar-refractivity contribution in [3.8, 4) is 17.2 Å². The first-order valence-corrected chi connectivity index (χ1v) is 7.74. The molecular formula is C18H17N3O5. The van der Waals surface area contributed by atoms with Crippen molar-refractivity contribution in [1.82, 2.24) is 4.98 Å². The van der Waals surface area contributed by atoms with Gasteiger partial charge in [0.25, 0.3) is 5.91 Å². The Morgan fingerprint density at radius 2 is 2.12 bits per heavy atom. The lowest BCUT2D eigenvalue weighted by atomic mass is 10.1. The zero-order valence-electron chi connectivity index (χ0n) is 14.2. The molecule has 0 fully saturated rings. The number of benzene rings is 1. The monoisotopic (exact) mass is 355 g/mol. The fraction of sp³-hybridized carbons (Fsp3) is 0.167. The molecule has 1 aliphatic heterocycles. The minimum Gasteiger partial charge on any atom is -0.497 e. The minimum absolute atomic E-state index is 0.0501. The van der Waals surface area contributed by atoms with Crippen molar-refractivity contribution >= 4 is 29.5 Å². The molecular weight excluding hydrogens is 338 g/mol. The van der Waals surface area contributed by atoms with E-state index in [2.05, 4.69) is 15.6 Å². The van der Waals surface area contributed by atoms with Gasteiger partial charge in [0.15, 0.2) is 18.2 Å². The molecule has 134 valence electrons. The molecule has 0 saturated carbocycles. The predicted octanol–water partition coefficient (Wildman–Crippen LogP) is 2.08. The van der Waals surface area contributed by atoms with Crippen molar-refractivity contribution in [1.29, 1.82) is 0 Å². The maximum atomic E-state index is 12.1. The molecule has 0 saturated heterocycles. The van der Waals surface area contributed by atoms with E-state index in [4.69, 9.17) is 14.2 Å². The number of amides is 2. The number of carbonyl (C=O) groups excluding carboxylic acids is 2. The lowest BCUT2D eigenvalue weighted by Crippen LogP contribution is -2.26. The lowest BCUT2D eigenvalue weighted by Gasteiger charge is -2.17. The molecule has 1 aromatic heterocycles. The van der Waals surface area contributed by atoms with Crippen molar-refractivity contribution in [2.24, 2.45) is 0 Å². The van der Waals surface area contributed by atoms with Crippen LogP contribution < -0.4 is 24.8 Å². The highest BCUT2D eigenvalue weighted by atomic mass is 16.5. The summed E-state index contributed by atoms with van der Waals surface area (Å²) in [6, 6.07) is 8.50. The fourth-order valence-corrected chi connectivity index (χ4v) is 2.34. The van der Waals surface area contributed by atoms with Gasteiger partial charge in [-0.25, -0.2) is 4.98 Å². The highest BCUT2D eigenvalue weighted by Crippen LogP contribution is 2.27. The van der Waals surface area contributed by atoms with Gasteiger partial charge in [-0.2, -0.15) is 0 Å². The highest BCUT2D eigenvalue weighted by molar-refractivity contribution is 6.02. The second-order valence-corrected chi connectivity index (χ2v) is 5.31. The molecule has 26 heavy (non-hydrogen) atoms. The summed E-state index contributed by atoms with van der Waals surface area (Å²) in [5, 5.41) is 5.21. The Labute approximate surface area is 149 Å². The van der Waals surface area contributed by atoms with Crippen molar-refractivity contribution in [2.75, 3.05) is 31.5 Å². The standard InChI is InChI=1S/C18H17N3O5/c1-24-12-4-5-13(25-2)11(9-12)3-8-16(22)19-15-7-6-14-18(20-15)21-17(23)10-26-14/h3-9H,10H2,1-2H3,(H2,19,20,21,22,23)/b8-3+. The van der Waals surface area contributed by atoms with Crippen molar-refractivity contribution < 1.29 is 23.8 Å². The maximum Gasteiger partial charge on any atom is 0.263 e. The number of anilines is 2. The summed E-state index contributed by atoms with van der Waals surface area (Å²) in [5.41, 5.74) is 0.695. The van der Waals surface area contributed by atoms with Crippen LogP contribution >= 0.6 is 0 Å². The zero-order valence-corrected chi connectivity index (χ0v) is 14.2. The molecule has 1 aliphatic rings. The number of nitrogens with zero attached hydrogens (tertiary/aromatic N) is 1. The fourth-order valence-electron chi connectivity index (χ4n) is 2.34. The number of carbonyl (C=O) groups is 2. The number of hydrogen-bond donors (Lipinski definition) is 2. The predicted molar refractivity (Wildman–Crippen MR) is 95.6 cm³/mol. The van der Waals surface area contributed by atoms with Gasteiger partial charge in [0.2, 0.25) is 5.91 Å². The Balaban J connectivity index is 1.72. The van der Waals surface area contributed by atoms with Gasteiger partial charge in [0.05, 0.1) is 14.2 Å². The van der Waals surface area contributed by atoms with Gasteiger partial charge in [-0.3, -0.25) is 9.59 Å². The van der Waals surface area contributed by atoms with Crippen LogP contribution in [0.5, 0.6) is 17.2 Å². The normalized spacial score (nSPS) is 12.8. The molecule has 0 unspecified atom stereocenters. The van der Waals surface area contributed by atoms with Crippen LogP contribution in [0.2, 0.25) is 0 Å². The number of pyridine rings is 1. The molecule has 2 heterocycles. The largest absolute Gasteiger partial charge is 0.497 e. The quantitative estimate of drug-likeness (QED) is 0.797. The van der Waals surface area contributed by atoms with Crippen LogP contribution in [0.15, 0.2) is 36.4 Å². The first-order valence-electron chi connectivity index (χ1n) is 7.74. The van der Waals surface area contributed by atoms with Gasteiger partial charge < -0.3 is 24.8 Å². The summed E-state index contributed by atoms with van der Waals surface area (Å²) in [4.78, 5) is 27.6. The van der Waals surface area contributed by atoms with E-state index in [9.17, 15) is 9.59 Å². The molecule has 2 amide bonds. The van der Waals surface area contributed by atoms with Crippen LogP contribution in [-0.4, -0.2) is 37.6 Å². The van der Waals surface area contributed by atoms with Gasteiger partial charge in [0, 0.05) is 11.6 Å². The topological polar surface area (TPSA) is 98.8 Å². The Hall–Kier alpha value is -3.55. The van der Waals surface area contributed by atoms with E-state index in [0.29, 0.717) is 28.6 Å². The molecule has 2 aromatic rings. The second kappa shape index (κ2) is 7.56. The second-order valence-electron chi connectivity index (χ2n) is 5.31. The molecule has 0 atom stereocenters. The number of methoxy groups -OCH3 is 2. The summed E-state index contributed by atoms with van der Waals surface area (Å²) in [5.74, 6) is 1.61. The molecule has 0 bridgehead atoms. The summed E-state index contributed by atoms with van der Waals surface area (Å²) < 4.78 is 15.7. The molecule has 8 nitrogen and oxygen atoms in total. The van der Waals surface area contributed by atoms with Gasteiger partial charge in [-0.05, 0) is 36.4 Å². The van der Waals surface area contributed by atoms with E-state index < -0.39 is 0 Å². The van der Waals surface area contributed by atoms with Crippen LogP contribution in [0.4, 0.5) is 11.6 Å². The summed E-state index contributed by atoms with van der Waals surface area (Å²) >= 11 is 0. The van der Waals surface area contributed by atoms with E-state index >= 15 is 0 Å². The molecule has 3 rings (SSSR count). The van der Waals surface area contributed by atoms with Crippen LogP contribution in [0, 0.1) is 0 Å². The summed E-state index contributed by atoms with van der Waals surface area (Å²) in [6.45, 7) is -0.0501. The average molecular weight is 355 g/mol. The zero-order chi connectivity index (χ0) is 18.5. The van der Waals surface area contributed by atoms with E-state index in [1.807, 2.05) is 0 Å². The third-order valence-corrected chi connectivity index (χ3v) is 3.58. The molecule has 0 radical (unpaired) electrons. The third kappa shape index (κ3) is 3.92. The van der Waals surface area contributed by atoms with Gasteiger partial charge >= 0.3 is 0 Å². The summed E-state index contributed by atoms with van der Waals surface area (Å²) in [7, 11) is 3.11. The van der Waals surface area contributed by atoms with Crippen LogP contribution in [0.25, 0.3) is 6.08 Å². The number of nitrogens with one attached hydrogen (secondary N) is 2. The van der Waals surface area contributed by atoms with Crippen molar-refractivity contribution in [3.05, 3.63) is 42.0 Å². The van der Waals surface area contributed by atoms with Crippen molar-refractivity contribution in [3.63, 3.8) is 0 Å². The Bertz CT molecular complexity index is 879. The number of ether oxygens (including phenoxy) is 3. The number of hydrogen-bond acceptors (Lipinski definition) is 6. The number of fused-ring (bicyclic) bond motifs is 1. The Morgan fingerprint density at radius 1 is 1.27 bits per heavy atom. The molecule has 8 heteroatoms. The van der Waals surface area contributed by atoms with E-state index in [1.165, 1.54) is 6.08 Å². The minimum atomic E-state index is -0.384. The number of rotatable bonds is 5. The van der Waals surface area contributed by atoms with E-state index in [-0.39, 0.29) is 24.2 Å². The SMILES string of the molecule is COc1ccc(OC)c(/C=C/C(=O)Nc2ccc3c(n2)NC(=O)CO3)c1. The van der Waals surface area contributed by atoms with Gasteiger partial charge in [-0.1, -0.05) is 0 Å². The maximum absolute atomic E-state index is 12.1. The first kappa shape index (κ1) is 17.3. The first-order chi connectivity index (χ1) is 12.6. The summed E-state index contributed by atoms with van der Waals surface area (Å²) in [6.07, 6.45) is 2.97.